The van der Waals surface area contributed by atoms with Crippen LogP contribution in [0.3, 0.4) is 0 Å². The van der Waals surface area contributed by atoms with Crippen molar-refractivity contribution in [1.82, 2.24) is 4.67 Å². The maximum atomic E-state index is 14.2. The van der Waals surface area contributed by atoms with Crippen molar-refractivity contribution in [3.8, 4) is 0 Å². The van der Waals surface area contributed by atoms with Crippen LogP contribution >= 0.6 is 7.29 Å². The van der Waals surface area contributed by atoms with Gasteiger partial charge in [-0.2, -0.15) is 0 Å². The lowest BCUT2D eigenvalue weighted by molar-refractivity contribution is 0.324. The molecule has 0 fully saturated rings. The Labute approximate surface area is 129 Å². The van der Waals surface area contributed by atoms with Gasteiger partial charge in [0.15, 0.2) is 0 Å². The van der Waals surface area contributed by atoms with Gasteiger partial charge in [0, 0.05) is 17.0 Å². The minimum Gasteiger partial charge on any atom is -0.320 e. The van der Waals surface area contributed by atoms with Crippen LogP contribution < -0.4 is 5.30 Å². The third-order valence-electron chi connectivity index (χ3n) is 4.24. The molecule has 0 amide bonds. The molecule has 21 heavy (non-hydrogen) atoms. The van der Waals surface area contributed by atoms with Gasteiger partial charge in [0.1, 0.15) is 0 Å². The third kappa shape index (κ3) is 2.83. The largest absolute Gasteiger partial charge is 0.320 e. The molecule has 0 aliphatic carbocycles. The average Bonchev–Trinajstić information content (AvgIpc) is 2.75. The summed E-state index contributed by atoms with van der Waals surface area (Å²) in [5, 5.41) is 0.998. The second-order valence-corrected chi connectivity index (χ2v) is 9.65. The van der Waals surface area contributed by atoms with Crippen LogP contribution in [0.15, 0.2) is 42.1 Å². The van der Waals surface area contributed by atoms with Crippen molar-refractivity contribution in [3.05, 3.63) is 42.1 Å². The quantitative estimate of drug-likeness (QED) is 0.715. The highest BCUT2D eigenvalue weighted by Crippen LogP contribution is 2.64. The molecule has 0 bridgehead atoms. The monoisotopic (exact) mass is 305 g/mol. The molecule has 2 nitrogen and oxygen atoms in total. The molecule has 0 radical (unpaired) electrons. The summed E-state index contributed by atoms with van der Waals surface area (Å²) in [5.74, 6) is 0. The standard InChI is InChI=1S/C18H28NOP/c1-6-11-17-15(7-2)14-19(18(3,4)5)21(17,20)16-12-9-8-10-13-16/h8-10,12-14,17H,6-7,11H2,1-5H3. The van der Waals surface area contributed by atoms with E-state index in [1.54, 1.807) is 0 Å². The summed E-state index contributed by atoms with van der Waals surface area (Å²) < 4.78 is 16.3. The molecule has 0 aromatic heterocycles. The Morgan fingerprint density at radius 1 is 1.14 bits per heavy atom. The summed E-state index contributed by atoms with van der Waals surface area (Å²) in [4.78, 5) is 0. The fraction of sp³-hybridized carbons (Fsp3) is 0.556. The molecule has 1 aromatic rings. The Balaban J connectivity index is 2.59. The van der Waals surface area contributed by atoms with E-state index in [1.807, 2.05) is 30.3 Å². The first-order valence-electron chi connectivity index (χ1n) is 8.01. The van der Waals surface area contributed by atoms with E-state index in [0.717, 1.165) is 24.6 Å². The Bertz CT molecular complexity index is 556. The molecule has 2 atom stereocenters. The van der Waals surface area contributed by atoms with Crippen molar-refractivity contribution >= 4 is 12.6 Å². The number of benzene rings is 1. The predicted octanol–water partition coefficient (Wildman–Crippen LogP) is 5.17. The van der Waals surface area contributed by atoms with Crippen LogP contribution in [0.1, 0.15) is 53.9 Å². The van der Waals surface area contributed by atoms with E-state index in [-0.39, 0.29) is 11.2 Å². The topological polar surface area (TPSA) is 20.3 Å². The molecular formula is C18H28NOP. The van der Waals surface area contributed by atoms with Crippen molar-refractivity contribution < 1.29 is 4.57 Å². The Kier molecular flexibility index (Phi) is 4.68. The number of allylic oxidation sites excluding steroid dienone is 1. The van der Waals surface area contributed by atoms with Crippen LogP contribution in [0, 0.1) is 0 Å². The lowest BCUT2D eigenvalue weighted by atomic mass is 10.1. The molecule has 1 aromatic carbocycles. The highest BCUT2D eigenvalue weighted by atomic mass is 31.2. The summed E-state index contributed by atoms with van der Waals surface area (Å²) in [7, 11) is -2.61. The van der Waals surface area contributed by atoms with Gasteiger partial charge >= 0.3 is 0 Å². The number of hydrogen-bond acceptors (Lipinski definition) is 1. The second kappa shape index (κ2) is 6.01. The molecule has 0 N–H and O–H groups in total. The Morgan fingerprint density at radius 2 is 1.76 bits per heavy atom. The lowest BCUT2D eigenvalue weighted by Gasteiger charge is -2.40. The Morgan fingerprint density at radius 3 is 2.24 bits per heavy atom. The van der Waals surface area contributed by atoms with Crippen molar-refractivity contribution in [3.63, 3.8) is 0 Å². The summed E-state index contributed by atoms with van der Waals surface area (Å²) >= 11 is 0. The van der Waals surface area contributed by atoms with Crippen LogP contribution in [-0.4, -0.2) is 15.9 Å². The van der Waals surface area contributed by atoms with Crippen LogP contribution in [0.25, 0.3) is 0 Å². The normalized spacial score (nSPS) is 26.0. The molecule has 2 rings (SSSR count). The molecule has 3 heteroatoms. The van der Waals surface area contributed by atoms with Gasteiger partial charge in [0.05, 0.1) is 5.66 Å². The molecule has 0 saturated heterocycles. The predicted molar refractivity (Wildman–Crippen MR) is 92.3 cm³/mol. The van der Waals surface area contributed by atoms with Crippen molar-refractivity contribution in [2.24, 2.45) is 0 Å². The SMILES string of the molecule is CCCC1C(CC)=CN(C(C)(C)C)P1(=O)c1ccccc1. The summed E-state index contributed by atoms with van der Waals surface area (Å²) in [6, 6.07) is 10.1. The molecule has 0 saturated carbocycles. The summed E-state index contributed by atoms with van der Waals surface area (Å²) in [5.41, 5.74) is 1.39. The molecule has 1 aliphatic heterocycles. The molecule has 1 aliphatic rings. The van der Waals surface area contributed by atoms with Crippen molar-refractivity contribution in [1.29, 1.82) is 0 Å². The fourth-order valence-electron chi connectivity index (χ4n) is 3.25. The smallest absolute Gasteiger partial charge is 0.207 e. The van der Waals surface area contributed by atoms with Crippen molar-refractivity contribution in [2.45, 2.75) is 65.1 Å². The van der Waals surface area contributed by atoms with E-state index in [2.05, 4.69) is 45.5 Å². The highest BCUT2D eigenvalue weighted by molar-refractivity contribution is 7.70. The molecule has 1 heterocycles. The van der Waals surface area contributed by atoms with Crippen molar-refractivity contribution in [2.75, 3.05) is 0 Å². The van der Waals surface area contributed by atoms with E-state index >= 15 is 0 Å². The van der Waals surface area contributed by atoms with E-state index in [4.69, 9.17) is 0 Å². The zero-order valence-corrected chi connectivity index (χ0v) is 14.9. The first-order chi connectivity index (χ1) is 9.85. The van der Waals surface area contributed by atoms with Gasteiger partial charge < -0.3 is 4.67 Å². The van der Waals surface area contributed by atoms with E-state index < -0.39 is 7.29 Å². The van der Waals surface area contributed by atoms with Crippen LogP contribution in [-0.2, 0) is 4.57 Å². The van der Waals surface area contributed by atoms with Crippen LogP contribution in [0.5, 0.6) is 0 Å². The molecule has 0 spiro atoms. The second-order valence-electron chi connectivity index (χ2n) is 6.84. The first-order valence-corrected chi connectivity index (χ1v) is 9.74. The van der Waals surface area contributed by atoms with Crippen LogP contribution in [0.2, 0.25) is 0 Å². The first kappa shape index (κ1) is 16.4. The van der Waals surface area contributed by atoms with Gasteiger partial charge in [-0.25, -0.2) is 0 Å². The maximum absolute atomic E-state index is 14.2. The summed E-state index contributed by atoms with van der Waals surface area (Å²) in [6.45, 7) is 10.8. The van der Waals surface area contributed by atoms with Gasteiger partial charge in [-0.15, -0.1) is 0 Å². The highest BCUT2D eigenvalue weighted by Gasteiger charge is 2.48. The molecule has 116 valence electrons. The maximum Gasteiger partial charge on any atom is 0.207 e. The minimum atomic E-state index is -2.61. The fourth-order valence-corrected chi connectivity index (χ4v) is 7.28. The number of nitrogens with zero attached hydrogens (tertiary/aromatic N) is 1. The minimum absolute atomic E-state index is 0.131. The zero-order valence-electron chi connectivity index (χ0n) is 14.0. The summed E-state index contributed by atoms with van der Waals surface area (Å²) in [6.07, 6.45) is 5.23. The number of hydrogen-bond donors (Lipinski definition) is 0. The molecular weight excluding hydrogens is 277 g/mol. The zero-order chi connectivity index (χ0) is 15.7. The molecule has 2 unspecified atom stereocenters. The average molecular weight is 305 g/mol. The van der Waals surface area contributed by atoms with Gasteiger partial charge in [0.2, 0.25) is 7.29 Å². The lowest BCUT2D eigenvalue weighted by Crippen LogP contribution is -2.37. The van der Waals surface area contributed by atoms with E-state index in [9.17, 15) is 4.57 Å². The third-order valence-corrected chi connectivity index (χ3v) is 8.07. The van der Waals surface area contributed by atoms with E-state index in [1.165, 1.54) is 5.57 Å². The van der Waals surface area contributed by atoms with Gasteiger partial charge in [-0.1, -0.05) is 38.5 Å². The Hall–Kier alpha value is -1.01. The van der Waals surface area contributed by atoms with Gasteiger partial charge in [-0.3, -0.25) is 4.57 Å². The van der Waals surface area contributed by atoms with Gasteiger partial charge in [0.25, 0.3) is 0 Å². The van der Waals surface area contributed by atoms with E-state index in [0.29, 0.717) is 0 Å². The van der Waals surface area contributed by atoms with Crippen LogP contribution in [0.4, 0.5) is 0 Å². The number of rotatable bonds is 4. The van der Waals surface area contributed by atoms with Gasteiger partial charge in [-0.05, 0) is 51.3 Å².